The van der Waals surface area contributed by atoms with Gasteiger partial charge in [0, 0.05) is 22.9 Å². The van der Waals surface area contributed by atoms with Gasteiger partial charge >= 0.3 is 5.97 Å². The molecule has 23 heavy (non-hydrogen) atoms. The van der Waals surface area contributed by atoms with E-state index in [4.69, 9.17) is 11.6 Å². The van der Waals surface area contributed by atoms with Crippen LogP contribution in [0.3, 0.4) is 0 Å². The van der Waals surface area contributed by atoms with Crippen LogP contribution in [0.4, 0.5) is 13.2 Å². The molecule has 3 aromatic rings. The summed E-state index contributed by atoms with van der Waals surface area (Å²) < 4.78 is 42.0. The molecule has 0 amide bonds. The van der Waals surface area contributed by atoms with Gasteiger partial charge in [-0.15, -0.1) is 11.3 Å². The standard InChI is InChI=1S/C15H7ClF3NO2S/c1-5-11(18)7(3-8(17)12(5)19)10-13-9(2-6(16)4-20-13)23-14(10)15(21)22/h2-4H,1H3,(H,21,22). The molecule has 0 saturated heterocycles. The Hall–Kier alpha value is -2.12. The Morgan fingerprint density at radius 3 is 2.61 bits per heavy atom. The van der Waals surface area contributed by atoms with Crippen molar-refractivity contribution in [2.24, 2.45) is 0 Å². The number of carboxylic acids is 1. The highest BCUT2D eigenvalue weighted by molar-refractivity contribution is 7.21. The summed E-state index contributed by atoms with van der Waals surface area (Å²) in [5.74, 6) is -4.91. The molecule has 0 aliphatic heterocycles. The molecule has 0 atom stereocenters. The van der Waals surface area contributed by atoms with Gasteiger partial charge in [-0.2, -0.15) is 0 Å². The maximum absolute atomic E-state index is 14.4. The van der Waals surface area contributed by atoms with Crippen molar-refractivity contribution in [3.63, 3.8) is 0 Å². The summed E-state index contributed by atoms with van der Waals surface area (Å²) in [7, 11) is 0. The molecule has 0 bridgehead atoms. The van der Waals surface area contributed by atoms with Gasteiger partial charge < -0.3 is 5.11 Å². The molecule has 0 aliphatic rings. The van der Waals surface area contributed by atoms with Crippen LogP contribution in [-0.2, 0) is 0 Å². The van der Waals surface area contributed by atoms with Crippen molar-refractivity contribution in [2.45, 2.75) is 6.92 Å². The van der Waals surface area contributed by atoms with Gasteiger partial charge in [-0.05, 0) is 19.1 Å². The largest absolute Gasteiger partial charge is 0.477 e. The number of rotatable bonds is 2. The maximum atomic E-state index is 14.4. The first kappa shape index (κ1) is 15.8. The van der Waals surface area contributed by atoms with Gasteiger partial charge in [-0.3, -0.25) is 4.98 Å². The predicted molar refractivity (Wildman–Crippen MR) is 81.6 cm³/mol. The van der Waals surface area contributed by atoms with Crippen LogP contribution in [0.1, 0.15) is 15.2 Å². The number of hydrogen-bond donors (Lipinski definition) is 1. The second kappa shape index (κ2) is 5.50. The Balaban J connectivity index is 2.45. The number of halogens is 4. The van der Waals surface area contributed by atoms with Gasteiger partial charge in [0.05, 0.1) is 15.2 Å². The number of thiophene rings is 1. The highest BCUT2D eigenvalue weighted by Gasteiger charge is 2.25. The molecule has 118 valence electrons. The molecule has 3 rings (SSSR count). The van der Waals surface area contributed by atoms with Gasteiger partial charge in [0.15, 0.2) is 11.6 Å². The van der Waals surface area contributed by atoms with E-state index in [1.54, 1.807) is 0 Å². The molecule has 0 aliphatic carbocycles. The number of carboxylic acid groups (broad SMARTS) is 1. The molecular formula is C15H7ClF3NO2S. The molecule has 1 N–H and O–H groups in total. The zero-order valence-corrected chi connectivity index (χ0v) is 13.0. The fourth-order valence-electron chi connectivity index (χ4n) is 2.27. The molecule has 1 aromatic carbocycles. The molecule has 0 fully saturated rings. The van der Waals surface area contributed by atoms with E-state index in [1.165, 1.54) is 12.3 Å². The molecule has 0 saturated carbocycles. The second-order valence-electron chi connectivity index (χ2n) is 4.77. The number of pyridine rings is 1. The number of hydrogen-bond acceptors (Lipinski definition) is 3. The third-order valence-electron chi connectivity index (χ3n) is 3.33. The first-order valence-corrected chi connectivity index (χ1v) is 7.46. The first-order valence-electron chi connectivity index (χ1n) is 6.27. The van der Waals surface area contributed by atoms with Gasteiger partial charge in [-0.1, -0.05) is 11.6 Å². The van der Waals surface area contributed by atoms with E-state index in [9.17, 15) is 23.1 Å². The van der Waals surface area contributed by atoms with Crippen LogP contribution in [0, 0.1) is 24.4 Å². The molecule has 3 nitrogen and oxygen atoms in total. The van der Waals surface area contributed by atoms with Crippen molar-refractivity contribution in [3.05, 3.63) is 51.2 Å². The number of aromatic carboxylic acids is 1. The fourth-order valence-corrected chi connectivity index (χ4v) is 3.54. The lowest BCUT2D eigenvalue weighted by Gasteiger charge is -2.08. The third-order valence-corrected chi connectivity index (χ3v) is 4.66. The van der Waals surface area contributed by atoms with Crippen LogP contribution >= 0.6 is 22.9 Å². The number of carbonyl (C=O) groups is 1. The van der Waals surface area contributed by atoms with E-state index in [0.717, 1.165) is 18.3 Å². The maximum Gasteiger partial charge on any atom is 0.346 e. The van der Waals surface area contributed by atoms with Gasteiger partial charge in [0.2, 0.25) is 0 Å². The van der Waals surface area contributed by atoms with Crippen LogP contribution in [0.2, 0.25) is 5.02 Å². The van der Waals surface area contributed by atoms with E-state index in [1.807, 2.05) is 0 Å². The molecule has 2 heterocycles. The first-order chi connectivity index (χ1) is 10.8. The van der Waals surface area contributed by atoms with E-state index in [0.29, 0.717) is 10.8 Å². The second-order valence-corrected chi connectivity index (χ2v) is 6.26. The average molecular weight is 358 g/mol. The van der Waals surface area contributed by atoms with Crippen LogP contribution in [-0.4, -0.2) is 16.1 Å². The number of aromatic nitrogens is 1. The Labute approximate surface area is 137 Å². The van der Waals surface area contributed by atoms with Gasteiger partial charge in [0.25, 0.3) is 0 Å². The van der Waals surface area contributed by atoms with Crippen LogP contribution < -0.4 is 0 Å². The Morgan fingerprint density at radius 2 is 1.96 bits per heavy atom. The monoisotopic (exact) mass is 357 g/mol. The summed E-state index contributed by atoms with van der Waals surface area (Å²) >= 11 is 6.66. The van der Waals surface area contributed by atoms with Crippen molar-refractivity contribution in [3.8, 4) is 11.1 Å². The summed E-state index contributed by atoms with van der Waals surface area (Å²) in [4.78, 5) is 15.2. The lowest BCUT2D eigenvalue weighted by Crippen LogP contribution is -2.01. The normalized spacial score (nSPS) is 11.2. The Kier molecular flexibility index (Phi) is 3.77. The Morgan fingerprint density at radius 1 is 1.26 bits per heavy atom. The molecule has 8 heteroatoms. The number of benzene rings is 1. The lowest BCUT2D eigenvalue weighted by atomic mass is 10.0. The van der Waals surface area contributed by atoms with E-state index in [-0.39, 0.29) is 26.5 Å². The van der Waals surface area contributed by atoms with E-state index in [2.05, 4.69) is 4.98 Å². The zero-order valence-electron chi connectivity index (χ0n) is 11.5. The summed E-state index contributed by atoms with van der Waals surface area (Å²) in [6.07, 6.45) is 1.27. The van der Waals surface area contributed by atoms with Crippen LogP contribution in [0.25, 0.3) is 21.3 Å². The molecule has 0 unspecified atom stereocenters. The minimum atomic E-state index is -1.32. The summed E-state index contributed by atoms with van der Waals surface area (Å²) in [6, 6.07) is 2.12. The van der Waals surface area contributed by atoms with E-state index < -0.39 is 29.0 Å². The SMILES string of the molecule is Cc1c(F)c(F)cc(-c2c(C(=O)O)sc3cc(Cl)cnc23)c1F. The minimum absolute atomic E-state index is 0.0892. The molecular weight excluding hydrogens is 351 g/mol. The van der Waals surface area contributed by atoms with Gasteiger partial charge in [0.1, 0.15) is 10.7 Å². The average Bonchev–Trinajstić information content (AvgIpc) is 2.87. The van der Waals surface area contributed by atoms with Crippen molar-refractivity contribution in [2.75, 3.05) is 0 Å². The zero-order chi connectivity index (χ0) is 16.9. The Bertz CT molecular complexity index is 971. The highest BCUT2D eigenvalue weighted by Crippen LogP contribution is 2.40. The quantitative estimate of drug-likeness (QED) is 0.654. The molecule has 2 aromatic heterocycles. The van der Waals surface area contributed by atoms with Crippen LogP contribution in [0.15, 0.2) is 18.3 Å². The topological polar surface area (TPSA) is 50.2 Å². The smallest absolute Gasteiger partial charge is 0.346 e. The minimum Gasteiger partial charge on any atom is -0.477 e. The third kappa shape index (κ3) is 2.46. The number of nitrogens with zero attached hydrogens (tertiary/aromatic N) is 1. The molecule has 0 radical (unpaired) electrons. The summed E-state index contributed by atoms with van der Waals surface area (Å²) in [5, 5.41) is 9.62. The lowest BCUT2D eigenvalue weighted by molar-refractivity contribution is 0.0703. The van der Waals surface area contributed by atoms with Crippen molar-refractivity contribution < 1.29 is 23.1 Å². The number of fused-ring (bicyclic) bond motifs is 1. The summed E-state index contributed by atoms with van der Waals surface area (Å²) in [6.45, 7) is 1.08. The highest BCUT2D eigenvalue weighted by atomic mass is 35.5. The predicted octanol–water partition coefficient (Wildman–Crippen LogP) is 5.04. The van der Waals surface area contributed by atoms with Crippen molar-refractivity contribution in [1.29, 1.82) is 0 Å². The van der Waals surface area contributed by atoms with Crippen molar-refractivity contribution >= 4 is 39.1 Å². The molecule has 0 spiro atoms. The fraction of sp³-hybridized carbons (Fsp3) is 0.0667. The van der Waals surface area contributed by atoms with Gasteiger partial charge in [-0.25, -0.2) is 18.0 Å². The van der Waals surface area contributed by atoms with Crippen molar-refractivity contribution in [1.82, 2.24) is 4.98 Å². The van der Waals surface area contributed by atoms with Crippen LogP contribution in [0.5, 0.6) is 0 Å². The van der Waals surface area contributed by atoms with E-state index >= 15 is 0 Å². The summed E-state index contributed by atoms with van der Waals surface area (Å²) in [5.41, 5.74) is -0.792.